The zero-order chi connectivity index (χ0) is 13.8. The lowest BCUT2D eigenvalue weighted by Crippen LogP contribution is -2.16. The Bertz CT molecular complexity index is 531. The first kappa shape index (κ1) is 14.5. The normalized spacial score (nSPS) is 12.6. The maximum Gasteiger partial charge on any atom is 0.0624 e. The van der Waals surface area contributed by atoms with E-state index in [1.165, 1.54) is 14.8 Å². The van der Waals surface area contributed by atoms with Crippen LogP contribution in [0.1, 0.15) is 36.8 Å². The van der Waals surface area contributed by atoms with Gasteiger partial charge in [0.25, 0.3) is 0 Å². The number of aryl methyl sites for hydroxylation is 2. The summed E-state index contributed by atoms with van der Waals surface area (Å²) >= 11 is 2.31. The average Bonchev–Trinajstić information content (AvgIpc) is 2.81. The molecule has 0 aliphatic heterocycles. The highest BCUT2D eigenvalue weighted by atomic mass is 127. The van der Waals surface area contributed by atoms with Crippen LogP contribution in [0.5, 0.6) is 0 Å². The van der Waals surface area contributed by atoms with E-state index in [-0.39, 0.29) is 6.04 Å². The lowest BCUT2D eigenvalue weighted by molar-refractivity contribution is 0.585. The SMILES string of the molecule is CCc1cc(CC(N)c2ccc(I)cc2)n(CC)n1. The molecule has 1 heterocycles. The lowest BCUT2D eigenvalue weighted by atomic mass is 10.0. The van der Waals surface area contributed by atoms with Crippen LogP contribution < -0.4 is 5.73 Å². The fourth-order valence-corrected chi connectivity index (χ4v) is 2.54. The predicted octanol–water partition coefficient (Wildman–Crippen LogP) is 3.31. The van der Waals surface area contributed by atoms with Gasteiger partial charge in [0.1, 0.15) is 0 Å². The Kier molecular flexibility index (Phi) is 4.99. The number of aromatic nitrogens is 2. The molecule has 0 amide bonds. The molecule has 0 bridgehead atoms. The molecule has 4 heteroatoms. The van der Waals surface area contributed by atoms with Crippen molar-refractivity contribution in [1.82, 2.24) is 9.78 Å². The molecule has 1 atom stereocenters. The smallest absolute Gasteiger partial charge is 0.0624 e. The highest BCUT2D eigenvalue weighted by Crippen LogP contribution is 2.18. The molecule has 1 aromatic carbocycles. The zero-order valence-electron chi connectivity index (χ0n) is 11.4. The van der Waals surface area contributed by atoms with Crippen molar-refractivity contribution in [3.63, 3.8) is 0 Å². The van der Waals surface area contributed by atoms with Crippen molar-refractivity contribution < 1.29 is 0 Å². The monoisotopic (exact) mass is 369 g/mol. The fourth-order valence-electron chi connectivity index (χ4n) is 2.18. The summed E-state index contributed by atoms with van der Waals surface area (Å²) in [6.07, 6.45) is 1.81. The summed E-state index contributed by atoms with van der Waals surface area (Å²) in [6.45, 7) is 5.15. The van der Waals surface area contributed by atoms with Crippen molar-refractivity contribution in [2.24, 2.45) is 5.73 Å². The van der Waals surface area contributed by atoms with Crippen LogP contribution in [0.25, 0.3) is 0 Å². The molecular weight excluding hydrogens is 349 g/mol. The average molecular weight is 369 g/mol. The van der Waals surface area contributed by atoms with Crippen molar-refractivity contribution in [3.8, 4) is 0 Å². The van der Waals surface area contributed by atoms with E-state index in [1.807, 2.05) is 0 Å². The molecule has 0 saturated carbocycles. The van der Waals surface area contributed by atoms with Gasteiger partial charge in [-0.3, -0.25) is 4.68 Å². The molecule has 0 aliphatic carbocycles. The number of benzene rings is 1. The largest absolute Gasteiger partial charge is 0.324 e. The van der Waals surface area contributed by atoms with E-state index in [4.69, 9.17) is 5.73 Å². The Labute approximate surface area is 128 Å². The summed E-state index contributed by atoms with van der Waals surface area (Å²) < 4.78 is 3.30. The van der Waals surface area contributed by atoms with Gasteiger partial charge in [-0.15, -0.1) is 0 Å². The molecule has 1 aromatic heterocycles. The first-order chi connectivity index (χ1) is 9.13. The van der Waals surface area contributed by atoms with Crippen molar-refractivity contribution in [2.75, 3.05) is 0 Å². The van der Waals surface area contributed by atoms with E-state index in [9.17, 15) is 0 Å². The summed E-state index contributed by atoms with van der Waals surface area (Å²) in [5, 5.41) is 4.57. The van der Waals surface area contributed by atoms with Gasteiger partial charge in [-0.05, 0) is 59.7 Å². The van der Waals surface area contributed by atoms with Crippen LogP contribution in [0, 0.1) is 3.57 Å². The second-order valence-electron chi connectivity index (χ2n) is 4.66. The standard InChI is InChI=1S/C15H20IN3/c1-3-13-9-14(19(4-2)18-13)10-15(17)11-5-7-12(16)8-6-11/h5-9,15H,3-4,10,17H2,1-2H3. The van der Waals surface area contributed by atoms with Crippen molar-refractivity contribution in [1.29, 1.82) is 0 Å². The highest BCUT2D eigenvalue weighted by Gasteiger charge is 2.12. The van der Waals surface area contributed by atoms with Gasteiger partial charge in [0.05, 0.1) is 5.69 Å². The summed E-state index contributed by atoms with van der Waals surface area (Å²) in [5.41, 5.74) is 9.86. The molecule has 2 rings (SSSR count). The van der Waals surface area contributed by atoms with Crippen LogP contribution in [0.2, 0.25) is 0 Å². The Hall–Kier alpha value is -0.880. The van der Waals surface area contributed by atoms with Gasteiger partial charge in [0.2, 0.25) is 0 Å². The summed E-state index contributed by atoms with van der Waals surface area (Å²) in [5.74, 6) is 0. The van der Waals surface area contributed by atoms with Crippen LogP contribution in [-0.4, -0.2) is 9.78 Å². The topological polar surface area (TPSA) is 43.8 Å². The first-order valence-electron chi connectivity index (χ1n) is 6.70. The molecule has 19 heavy (non-hydrogen) atoms. The predicted molar refractivity (Wildman–Crippen MR) is 87.1 cm³/mol. The third-order valence-electron chi connectivity index (χ3n) is 3.30. The minimum atomic E-state index is 0.0312. The van der Waals surface area contributed by atoms with Crippen LogP contribution in [0.15, 0.2) is 30.3 Å². The van der Waals surface area contributed by atoms with Crippen molar-refractivity contribution >= 4 is 22.6 Å². The van der Waals surface area contributed by atoms with Crippen LogP contribution in [0.3, 0.4) is 0 Å². The van der Waals surface area contributed by atoms with Crippen LogP contribution >= 0.6 is 22.6 Å². The van der Waals surface area contributed by atoms with E-state index in [1.54, 1.807) is 0 Å². The summed E-state index contributed by atoms with van der Waals surface area (Å²) in [4.78, 5) is 0. The quantitative estimate of drug-likeness (QED) is 0.822. The van der Waals surface area contributed by atoms with E-state index in [2.05, 4.69) is 76.6 Å². The second-order valence-corrected chi connectivity index (χ2v) is 5.90. The molecule has 1 unspecified atom stereocenters. The summed E-state index contributed by atoms with van der Waals surface area (Å²) in [7, 11) is 0. The van der Waals surface area contributed by atoms with Gasteiger partial charge in [-0.25, -0.2) is 0 Å². The number of halogens is 1. The minimum Gasteiger partial charge on any atom is -0.324 e. The fraction of sp³-hybridized carbons (Fsp3) is 0.400. The number of rotatable bonds is 5. The third kappa shape index (κ3) is 3.57. The molecule has 0 radical (unpaired) electrons. The first-order valence-corrected chi connectivity index (χ1v) is 7.78. The summed E-state index contributed by atoms with van der Waals surface area (Å²) in [6, 6.07) is 10.6. The lowest BCUT2D eigenvalue weighted by Gasteiger charge is -2.13. The van der Waals surface area contributed by atoms with E-state index < -0.39 is 0 Å². The van der Waals surface area contributed by atoms with Gasteiger partial charge in [-0.2, -0.15) is 5.10 Å². The Balaban J connectivity index is 2.15. The van der Waals surface area contributed by atoms with Gasteiger partial charge in [-0.1, -0.05) is 19.1 Å². The third-order valence-corrected chi connectivity index (χ3v) is 4.02. The Morgan fingerprint density at radius 1 is 1.26 bits per heavy atom. The molecule has 0 spiro atoms. The van der Waals surface area contributed by atoms with Gasteiger partial charge < -0.3 is 5.73 Å². The molecule has 2 aromatic rings. The van der Waals surface area contributed by atoms with E-state index >= 15 is 0 Å². The minimum absolute atomic E-state index is 0.0312. The molecule has 3 nitrogen and oxygen atoms in total. The van der Waals surface area contributed by atoms with Gasteiger partial charge >= 0.3 is 0 Å². The maximum atomic E-state index is 6.31. The maximum absolute atomic E-state index is 6.31. The van der Waals surface area contributed by atoms with E-state index in [0.717, 1.165) is 25.1 Å². The number of nitrogens with zero attached hydrogens (tertiary/aromatic N) is 2. The van der Waals surface area contributed by atoms with Crippen LogP contribution in [0.4, 0.5) is 0 Å². The molecular formula is C15H20IN3. The molecule has 102 valence electrons. The molecule has 0 fully saturated rings. The number of hydrogen-bond acceptors (Lipinski definition) is 2. The van der Waals surface area contributed by atoms with Gasteiger partial charge in [0.15, 0.2) is 0 Å². The molecule has 2 N–H and O–H groups in total. The Morgan fingerprint density at radius 2 is 1.95 bits per heavy atom. The Morgan fingerprint density at radius 3 is 2.53 bits per heavy atom. The van der Waals surface area contributed by atoms with Gasteiger partial charge in [0, 0.05) is 28.3 Å². The second kappa shape index (κ2) is 6.52. The van der Waals surface area contributed by atoms with E-state index in [0.29, 0.717) is 0 Å². The van der Waals surface area contributed by atoms with Crippen molar-refractivity contribution in [2.45, 2.75) is 39.3 Å². The molecule has 0 saturated heterocycles. The van der Waals surface area contributed by atoms with Crippen molar-refractivity contribution in [3.05, 3.63) is 50.9 Å². The molecule has 0 aliphatic rings. The number of hydrogen-bond donors (Lipinski definition) is 1. The zero-order valence-corrected chi connectivity index (χ0v) is 13.6. The number of nitrogens with two attached hydrogens (primary N) is 1. The van der Waals surface area contributed by atoms with Crippen LogP contribution in [-0.2, 0) is 19.4 Å². The highest BCUT2D eigenvalue weighted by molar-refractivity contribution is 14.1.